The van der Waals surface area contributed by atoms with Gasteiger partial charge in [-0.15, -0.1) is 0 Å². The summed E-state index contributed by atoms with van der Waals surface area (Å²) in [4.78, 5) is 25.5. The number of nitrogens with one attached hydrogen (secondary N) is 1. The molecule has 2 aliphatic rings. The molecule has 4 nitrogen and oxygen atoms in total. The van der Waals surface area contributed by atoms with Gasteiger partial charge in [0, 0.05) is 28.1 Å². The second-order valence-electron chi connectivity index (χ2n) is 5.14. The van der Waals surface area contributed by atoms with E-state index in [9.17, 15) is 9.59 Å². The highest BCUT2D eigenvalue weighted by Crippen LogP contribution is 2.38. The average molecular weight is 355 g/mol. The van der Waals surface area contributed by atoms with Crippen molar-refractivity contribution in [3.8, 4) is 0 Å². The maximum atomic E-state index is 11.7. The summed E-state index contributed by atoms with van der Waals surface area (Å²) >= 11 is 5.52. The molecule has 1 saturated heterocycles. The van der Waals surface area contributed by atoms with E-state index in [1.165, 1.54) is 0 Å². The number of thioether (sulfide) groups is 1. The van der Waals surface area contributed by atoms with Crippen molar-refractivity contribution in [1.29, 1.82) is 0 Å². The molecule has 2 heterocycles. The first-order chi connectivity index (χ1) is 9.49. The van der Waals surface area contributed by atoms with Crippen molar-refractivity contribution in [2.24, 2.45) is 0 Å². The molecule has 1 aromatic rings. The van der Waals surface area contributed by atoms with Gasteiger partial charge in [-0.25, -0.2) is 0 Å². The summed E-state index contributed by atoms with van der Waals surface area (Å²) in [5.74, 6) is 0.0860. The van der Waals surface area contributed by atoms with Crippen LogP contribution in [-0.2, 0) is 4.79 Å². The standard InChI is InChI=1S/C14H15BrN2O2S/c1-7-8(2)20-4-3-17(7)12-6-11-9(5-10(12)15)13(18)14(19)16-11/h5-8H,3-4H2,1-2H3,(H,16,18,19). The van der Waals surface area contributed by atoms with E-state index in [0.29, 0.717) is 22.5 Å². The van der Waals surface area contributed by atoms with E-state index in [1.807, 2.05) is 17.8 Å². The van der Waals surface area contributed by atoms with E-state index < -0.39 is 11.7 Å². The van der Waals surface area contributed by atoms with Crippen LogP contribution in [0.1, 0.15) is 24.2 Å². The van der Waals surface area contributed by atoms with Crippen molar-refractivity contribution in [1.82, 2.24) is 0 Å². The Balaban J connectivity index is 2.01. The summed E-state index contributed by atoms with van der Waals surface area (Å²) in [6, 6.07) is 4.07. The Bertz CT molecular complexity index is 605. The van der Waals surface area contributed by atoms with E-state index in [2.05, 4.69) is 40.0 Å². The molecule has 1 amide bonds. The van der Waals surface area contributed by atoms with Gasteiger partial charge in [0.05, 0.1) is 16.9 Å². The second-order valence-corrected chi connectivity index (χ2v) is 7.48. The lowest BCUT2D eigenvalue weighted by Gasteiger charge is -2.39. The monoisotopic (exact) mass is 354 g/mol. The van der Waals surface area contributed by atoms with Crippen LogP contribution in [0.5, 0.6) is 0 Å². The first kappa shape index (κ1) is 13.9. The first-order valence-corrected chi connectivity index (χ1v) is 8.40. The Hall–Kier alpha value is -1.01. The number of hydrogen-bond donors (Lipinski definition) is 1. The molecule has 0 saturated carbocycles. The molecule has 2 atom stereocenters. The van der Waals surface area contributed by atoms with Crippen molar-refractivity contribution in [3.63, 3.8) is 0 Å². The normalized spacial score (nSPS) is 25.6. The Morgan fingerprint density at radius 2 is 2.10 bits per heavy atom. The number of fused-ring (bicyclic) bond motifs is 1. The van der Waals surface area contributed by atoms with E-state index in [4.69, 9.17) is 0 Å². The summed E-state index contributed by atoms with van der Waals surface area (Å²) in [5, 5.41) is 3.19. The van der Waals surface area contributed by atoms with E-state index in [-0.39, 0.29) is 0 Å². The summed E-state index contributed by atoms with van der Waals surface area (Å²) < 4.78 is 0.868. The van der Waals surface area contributed by atoms with Crippen molar-refractivity contribution < 1.29 is 9.59 Å². The number of anilines is 2. The van der Waals surface area contributed by atoms with Gasteiger partial charge in [0.15, 0.2) is 0 Å². The van der Waals surface area contributed by atoms with Crippen LogP contribution in [0.2, 0.25) is 0 Å². The fourth-order valence-corrected chi connectivity index (χ4v) is 4.32. The number of nitrogens with zero attached hydrogens (tertiary/aromatic N) is 1. The third kappa shape index (κ3) is 2.15. The number of carbonyl (C=O) groups excluding carboxylic acids is 2. The number of benzene rings is 1. The van der Waals surface area contributed by atoms with Crippen molar-refractivity contribution in [2.45, 2.75) is 25.1 Å². The number of rotatable bonds is 1. The molecule has 1 N–H and O–H groups in total. The third-order valence-corrected chi connectivity index (χ3v) is 5.95. The van der Waals surface area contributed by atoms with Crippen LogP contribution in [0.4, 0.5) is 11.4 Å². The fraction of sp³-hybridized carbons (Fsp3) is 0.429. The molecule has 0 aliphatic carbocycles. The summed E-state index contributed by atoms with van der Waals surface area (Å²) in [7, 11) is 0. The molecule has 0 radical (unpaired) electrons. The number of hydrogen-bond acceptors (Lipinski definition) is 4. The minimum Gasteiger partial charge on any atom is -0.366 e. The molecule has 1 aromatic carbocycles. The van der Waals surface area contributed by atoms with Crippen molar-refractivity contribution >= 4 is 50.8 Å². The van der Waals surface area contributed by atoms with Crippen LogP contribution >= 0.6 is 27.7 Å². The van der Waals surface area contributed by atoms with Crippen LogP contribution in [-0.4, -0.2) is 35.3 Å². The van der Waals surface area contributed by atoms with Gasteiger partial charge in [-0.1, -0.05) is 6.92 Å². The van der Waals surface area contributed by atoms with Gasteiger partial charge in [0.25, 0.3) is 11.7 Å². The quantitative estimate of drug-likeness (QED) is 0.787. The molecule has 0 aromatic heterocycles. The average Bonchev–Trinajstić information content (AvgIpc) is 2.68. The highest BCUT2D eigenvalue weighted by molar-refractivity contribution is 9.10. The zero-order chi connectivity index (χ0) is 14.4. The van der Waals surface area contributed by atoms with Gasteiger partial charge >= 0.3 is 0 Å². The lowest BCUT2D eigenvalue weighted by Crippen LogP contribution is -2.44. The van der Waals surface area contributed by atoms with Gasteiger partial charge in [0.2, 0.25) is 0 Å². The maximum absolute atomic E-state index is 11.7. The molecule has 0 bridgehead atoms. The van der Waals surface area contributed by atoms with E-state index in [1.54, 1.807) is 6.07 Å². The fourth-order valence-electron chi connectivity index (χ4n) is 2.65. The van der Waals surface area contributed by atoms with Crippen LogP contribution in [0.15, 0.2) is 16.6 Å². The summed E-state index contributed by atoms with van der Waals surface area (Å²) in [6.07, 6.45) is 0. The predicted octanol–water partition coefficient (Wildman–Crippen LogP) is 2.91. The molecule has 2 aliphatic heterocycles. The Morgan fingerprint density at radius 1 is 1.35 bits per heavy atom. The SMILES string of the molecule is CC1SCCN(c2cc3c(cc2Br)C(=O)C(=O)N3)C1C. The van der Waals surface area contributed by atoms with Crippen molar-refractivity contribution in [3.05, 3.63) is 22.2 Å². The number of ketones is 1. The molecular weight excluding hydrogens is 340 g/mol. The van der Waals surface area contributed by atoms with Gasteiger partial charge in [-0.2, -0.15) is 11.8 Å². The molecule has 3 rings (SSSR count). The molecular formula is C14H15BrN2O2S. The van der Waals surface area contributed by atoms with Gasteiger partial charge < -0.3 is 10.2 Å². The Kier molecular flexibility index (Phi) is 3.54. The summed E-state index contributed by atoms with van der Waals surface area (Å²) in [6.45, 7) is 5.41. The molecule has 1 fully saturated rings. The van der Waals surface area contributed by atoms with Gasteiger partial charge in [0.1, 0.15) is 0 Å². The minimum absolute atomic E-state index is 0.413. The smallest absolute Gasteiger partial charge is 0.296 e. The Morgan fingerprint density at radius 3 is 2.85 bits per heavy atom. The largest absolute Gasteiger partial charge is 0.366 e. The van der Waals surface area contributed by atoms with Gasteiger partial charge in [-0.05, 0) is 35.0 Å². The van der Waals surface area contributed by atoms with E-state index >= 15 is 0 Å². The number of carbonyl (C=O) groups is 2. The topological polar surface area (TPSA) is 49.4 Å². The molecule has 6 heteroatoms. The van der Waals surface area contributed by atoms with Crippen LogP contribution < -0.4 is 10.2 Å². The van der Waals surface area contributed by atoms with Gasteiger partial charge in [-0.3, -0.25) is 9.59 Å². The first-order valence-electron chi connectivity index (χ1n) is 6.56. The number of Topliss-reactive ketones (excluding diaryl/α,β-unsaturated/α-hetero) is 1. The molecule has 0 spiro atoms. The zero-order valence-corrected chi connectivity index (χ0v) is 13.7. The Labute approximate surface area is 130 Å². The lowest BCUT2D eigenvalue weighted by atomic mass is 10.1. The second kappa shape index (κ2) is 5.07. The number of halogens is 1. The molecule has 106 valence electrons. The van der Waals surface area contributed by atoms with Crippen LogP contribution in [0, 0.1) is 0 Å². The highest BCUT2D eigenvalue weighted by atomic mass is 79.9. The lowest BCUT2D eigenvalue weighted by molar-refractivity contribution is -0.112. The predicted molar refractivity (Wildman–Crippen MR) is 85.8 cm³/mol. The maximum Gasteiger partial charge on any atom is 0.296 e. The third-order valence-electron chi connectivity index (χ3n) is 3.98. The highest BCUT2D eigenvalue weighted by Gasteiger charge is 2.32. The number of amides is 1. The molecule has 20 heavy (non-hydrogen) atoms. The molecule has 2 unspecified atom stereocenters. The minimum atomic E-state index is -0.542. The van der Waals surface area contributed by atoms with Crippen LogP contribution in [0.25, 0.3) is 0 Å². The van der Waals surface area contributed by atoms with Crippen molar-refractivity contribution in [2.75, 3.05) is 22.5 Å². The van der Waals surface area contributed by atoms with Crippen LogP contribution in [0.3, 0.4) is 0 Å². The zero-order valence-electron chi connectivity index (χ0n) is 11.3. The summed E-state index contributed by atoms with van der Waals surface area (Å²) in [5.41, 5.74) is 2.12. The van der Waals surface area contributed by atoms with E-state index in [0.717, 1.165) is 22.5 Å².